The van der Waals surface area contributed by atoms with Crippen LogP contribution >= 0.6 is 0 Å². The minimum Gasteiger partial charge on any atom is -0.487 e. The van der Waals surface area contributed by atoms with Gasteiger partial charge in [-0.25, -0.2) is 9.97 Å². The fourth-order valence-corrected chi connectivity index (χ4v) is 1.51. The Morgan fingerprint density at radius 3 is 2.89 bits per heavy atom. The van der Waals surface area contributed by atoms with Gasteiger partial charge < -0.3 is 14.5 Å². The van der Waals surface area contributed by atoms with Gasteiger partial charge in [-0.1, -0.05) is 0 Å². The highest BCUT2D eigenvalue weighted by Gasteiger charge is 2.07. The van der Waals surface area contributed by atoms with E-state index >= 15 is 0 Å². The van der Waals surface area contributed by atoms with Gasteiger partial charge in [-0.15, -0.1) is 0 Å². The highest BCUT2D eigenvalue weighted by molar-refractivity contribution is 5.49. The van der Waals surface area contributed by atoms with Gasteiger partial charge in [0.05, 0.1) is 18.8 Å². The van der Waals surface area contributed by atoms with Gasteiger partial charge in [0.15, 0.2) is 11.6 Å². The van der Waals surface area contributed by atoms with Crippen LogP contribution in [-0.2, 0) is 6.54 Å². The average molecular weight is 247 g/mol. The first-order chi connectivity index (χ1) is 8.65. The van der Waals surface area contributed by atoms with Crippen molar-refractivity contribution in [1.29, 1.82) is 0 Å². The summed E-state index contributed by atoms with van der Waals surface area (Å²) in [5.41, 5.74) is 0. The van der Waals surface area contributed by atoms with Crippen LogP contribution in [0.2, 0.25) is 0 Å². The molecule has 0 aliphatic carbocycles. The van der Waals surface area contributed by atoms with E-state index in [2.05, 4.69) is 15.3 Å². The molecule has 0 fully saturated rings. The predicted molar refractivity (Wildman–Crippen MR) is 68.6 cm³/mol. The Hall–Kier alpha value is -2.04. The topological polar surface area (TPSA) is 60.2 Å². The van der Waals surface area contributed by atoms with Gasteiger partial charge in [0, 0.05) is 6.20 Å². The summed E-state index contributed by atoms with van der Waals surface area (Å²) in [5.74, 6) is 2.86. The smallest absolute Gasteiger partial charge is 0.213 e. The second kappa shape index (κ2) is 5.53. The van der Waals surface area contributed by atoms with Crippen molar-refractivity contribution in [1.82, 2.24) is 9.97 Å². The zero-order valence-electron chi connectivity index (χ0n) is 10.8. The lowest BCUT2D eigenvalue weighted by Gasteiger charge is -2.13. The minimum atomic E-state index is 0.110. The first-order valence-electron chi connectivity index (χ1n) is 5.92. The number of nitrogens with one attached hydrogen (secondary N) is 1. The van der Waals surface area contributed by atoms with Crippen LogP contribution in [0.25, 0.3) is 0 Å². The van der Waals surface area contributed by atoms with Crippen molar-refractivity contribution in [3.05, 3.63) is 36.2 Å². The Labute approximate surface area is 106 Å². The number of ether oxygens (including phenoxy) is 1. The van der Waals surface area contributed by atoms with E-state index in [-0.39, 0.29) is 6.10 Å². The minimum absolute atomic E-state index is 0.110. The monoisotopic (exact) mass is 247 g/mol. The molecule has 5 heteroatoms. The quantitative estimate of drug-likeness (QED) is 0.880. The molecule has 2 aromatic heterocycles. The molecular weight excluding hydrogens is 230 g/mol. The molecule has 96 valence electrons. The number of aromatic nitrogens is 2. The average Bonchev–Trinajstić information content (AvgIpc) is 2.73. The van der Waals surface area contributed by atoms with E-state index in [0.717, 1.165) is 11.5 Å². The van der Waals surface area contributed by atoms with Gasteiger partial charge in [0.1, 0.15) is 5.76 Å². The lowest BCUT2D eigenvalue weighted by Crippen LogP contribution is -2.09. The molecule has 0 unspecified atom stereocenters. The summed E-state index contributed by atoms with van der Waals surface area (Å²) in [7, 11) is 0. The molecule has 2 heterocycles. The van der Waals surface area contributed by atoms with Gasteiger partial charge in [0.25, 0.3) is 0 Å². The Kier molecular flexibility index (Phi) is 3.82. The molecule has 0 aliphatic heterocycles. The second-order valence-corrected chi connectivity index (χ2v) is 4.23. The van der Waals surface area contributed by atoms with Crippen LogP contribution in [0.3, 0.4) is 0 Å². The molecule has 0 bridgehead atoms. The molecule has 0 aromatic carbocycles. The van der Waals surface area contributed by atoms with Gasteiger partial charge >= 0.3 is 0 Å². The van der Waals surface area contributed by atoms with Crippen LogP contribution in [0.1, 0.15) is 25.5 Å². The van der Waals surface area contributed by atoms with Crippen LogP contribution < -0.4 is 10.1 Å². The number of hydrogen-bond donors (Lipinski definition) is 1. The molecule has 0 saturated carbocycles. The third-order valence-corrected chi connectivity index (χ3v) is 2.21. The molecule has 2 aromatic rings. The zero-order valence-corrected chi connectivity index (χ0v) is 10.8. The van der Waals surface area contributed by atoms with Crippen molar-refractivity contribution < 1.29 is 9.15 Å². The third kappa shape index (κ3) is 3.23. The van der Waals surface area contributed by atoms with Gasteiger partial charge in [-0.3, -0.25) is 0 Å². The van der Waals surface area contributed by atoms with E-state index in [4.69, 9.17) is 9.15 Å². The number of oxazole rings is 1. The van der Waals surface area contributed by atoms with Crippen molar-refractivity contribution in [3.8, 4) is 5.75 Å². The molecule has 0 spiro atoms. The van der Waals surface area contributed by atoms with Crippen molar-refractivity contribution >= 4 is 5.82 Å². The number of aryl methyl sites for hydroxylation is 1. The Morgan fingerprint density at radius 2 is 2.22 bits per heavy atom. The molecule has 2 rings (SSSR count). The van der Waals surface area contributed by atoms with Crippen molar-refractivity contribution in [2.24, 2.45) is 0 Å². The SMILES string of the molecule is Cc1cnc(CNc2ncccc2OC(C)C)o1. The summed E-state index contributed by atoms with van der Waals surface area (Å²) >= 11 is 0. The zero-order chi connectivity index (χ0) is 13.0. The molecule has 0 radical (unpaired) electrons. The first-order valence-corrected chi connectivity index (χ1v) is 5.92. The van der Waals surface area contributed by atoms with Crippen LogP contribution in [0, 0.1) is 6.92 Å². The molecule has 0 amide bonds. The lowest BCUT2D eigenvalue weighted by atomic mass is 10.4. The summed E-state index contributed by atoms with van der Waals surface area (Å²) in [6.45, 7) is 6.31. The molecule has 5 nitrogen and oxygen atoms in total. The largest absolute Gasteiger partial charge is 0.487 e. The fourth-order valence-electron chi connectivity index (χ4n) is 1.51. The summed E-state index contributed by atoms with van der Waals surface area (Å²) in [6, 6.07) is 3.73. The van der Waals surface area contributed by atoms with E-state index < -0.39 is 0 Å². The standard InChI is InChI=1S/C13H17N3O2/c1-9(2)17-11-5-4-6-14-13(11)16-8-12-15-7-10(3)18-12/h4-7,9H,8H2,1-3H3,(H,14,16). The molecule has 0 saturated heterocycles. The van der Waals surface area contributed by atoms with Crippen LogP contribution in [0.5, 0.6) is 5.75 Å². The molecular formula is C13H17N3O2. The van der Waals surface area contributed by atoms with E-state index in [0.29, 0.717) is 18.3 Å². The normalized spacial score (nSPS) is 10.7. The van der Waals surface area contributed by atoms with Crippen LogP contribution in [0.15, 0.2) is 28.9 Å². The third-order valence-electron chi connectivity index (χ3n) is 2.21. The Bertz CT molecular complexity index is 508. The maximum absolute atomic E-state index is 5.66. The number of rotatable bonds is 5. The summed E-state index contributed by atoms with van der Waals surface area (Å²) in [5, 5.41) is 3.16. The number of nitrogens with zero attached hydrogens (tertiary/aromatic N) is 2. The van der Waals surface area contributed by atoms with Gasteiger partial charge in [-0.2, -0.15) is 0 Å². The van der Waals surface area contributed by atoms with Crippen molar-refractivity contribution in [3.63, 3.8) is 0 Å². The van der Waals surface area contributed by atoms with E-state index in [1.54, 1.807) is 12.4 Å². The van der Waals surface area contributed by atoms with Gasteiger partial charge in [0.2, 0.25) is 5.89 Å². The highest BCUT2D eigenvalue weighted by atomic mass is 16.5. The number of hydrogen-bond acceptors (Lipinski definition) is 5. The fraction of sp³-hybridized carbons (Fsp3) is 0.385. The van der Waals surface area contributed by atoms with Crippen LogP contribution in [-0.4, -0.2) is 16.1 Å². The Morgan fingerprint density at radius 1 is 1.39 bits per heavy atom. The molecule has 0 aliphatic rings. The van der Waals surface area contributed by atoms with Crippen molar-refractivity contribution in [2.75, 3.05) is 5.32 Å². The summed E-state index contributed by atoms with van der Waals surface area (Å²) in [4.78, 5) is 8.37. The van der Waals surface area contributed by atoms with Gasteiger partial charge in [-0.05, 0) is 32.9 Å². The Balaban J connectivity index is 2.04. The number of pyridine rings is 1. The lowest BCUT2D eigenvalue weighted by molar-refractivity contribution is 0.243. The molecule has 0 atom stereocenters. The molecule has 18 heavy (non-hydrogen) atoms. The summed E-state index contributed by atoms with van der Waals surface area (Å²) < 4.78 is 11.0. The van der Waals surface area contributed by atoms with E-state index in [1.807, 2.05) is 32.9 Å². The number of anilines is 1. The van der Waals surface area contributed by atoms with Crippen LogP contribution in [0.4, 0.5) is 5.82 Å². The maximum atomic E-state index is 5.66. The predicted octanol–water partition coefficient (Wildman–Crippen LogP) is 2.78. The highest BCUT2D eigenvalue weighted by Crippen LogP contribution is 2.22. The van der Waals surface area contributed by atoms with E-state index in [1.165, 1.54) is 0 Å². The maximum Gasteiger partial charge on any atom is 0.213 e. The second-order valence-electron chi connectivity index (χ2n) is 4.23. The van der Waals surface area contributed by atoms with E-state index in [9.17, 15) is 0 Å². The molecule has 1 N–H and O–H groups in total. The first kappa shape index (κ1) is 12.4. The van der Waals surface area contributed by atoms with Crippen molar-refractivity contribution in [2.45, 2.75) is 33.4 Å². The summed E-state index contributed by atoms with van der Waals surface area (Å²) in [6.07, 6.45) is 3.52.